The van der Waals surface area contributed by atoms with Gasteiger partial charge in [-0.3, -0.25) is 9.59 Å². The average Bonchev–Trinajstić information content (AvgIpc) is 1.97. The lowest BCUT2D eigenvalue weighted by molar-refractivity contribution is -0.131. The summed E-state index contributed by atoms with van der Waals surface area (Å²) < 4.78 is 4.56. The van der Waals surface area contributed by atoms with E-state index in [1.54, 1.807) is 6.08 Å². The van der Waals surface area contributed by atoms with Crippen molar-refractivity contribution < 1.29 is 14.3 Å². The molecule has 66 valence electrons. The maximum atomic E-state index is 11.1. The Labute approximate surface area is 71.4 Å². The first kappa shape index (κ1) is 8.97. The second-order valence-corrected chi connectivity index (χ2v) is 3.63. The van der Waals surface area contributed by atoms with Gasteiger partial charge in [0.25, 0.3) is 6.47 Å². The summed E-state index contributed by atoms with van der Waals surface area (Å²) in [5, 5.41) is 0. The van der Waals surface area contributed by atoms with Crippen LogP contribution in [-0.4, -0.2) is 12.3 Å². The van der Waals surface area contributed by atoms with Crippen LogP contribution in [0.25, 0.3) is 0 Å². The molecule has 12 heavy (non-hydrogen) atoms. The summed E-state index contributed by atoms with van der Waals surface area (Å²) in [5.41, 5.74) is -0.0355. The molecule has 0 bridgehead atoms. The van der Waals surface area contributed by atoms with Crippen LogP contribution in [0.15, 0.2) is 11.8 Å². The van der Waals surface area contributed by atoms with Gasteiger partial charge >= 0.3 is 0 Å². The van der Waals surface area contributed by atoms with Crippen LogP contribution < -0.4 is 0 Å². The molecule has 0 aromatic heterocycles. The molecule has 0 aromatic rings. The number of allylic oxidation sites excluding steroid dienone is 2. The van der Waals surface area contributed by atoms with Crippen LogP contribution in [0.5, 0.6) is 0 Å². The molecule has 0 amide bonds. The minimum Gasteiger partial charge on any atom is -0.425 e. The summed E-state index contributed by atoms with van der Waals surface area (Å²) in [5.74, 6) is 0.114. The highest BCUT2D eigenvalue weighted by Crippen LogP contribution is 2.31. The topological polar surface area (TPSA) is 43.4 Å². The quantitative estimate of drug-likeness (QED) is 0.586. The van der Waals surface area contributed by atoms with E-state index in [2.05, 4.69) is 4.74 Å². The third-order valence-corrected chi connectivity index (χ3v) is 1.97. The van der Waals surface area contributed by atoms with Crippen molar-refractivity contribution in [3.8, 4) is 0 Å². The van der Waals surface area contributed by atoms with E-state index in [4.69, 9.17) is 0 Å². The maximum Gasteiger partial charge on any atom is 0.298 e. The first-order valence-electron chi connectivity index (χ1n) is 3.91. The van der Waals surface area contributed by atoms with Gasteiger partial charge < -0.3 is 4.74 Å². The van der Waals surface area contributed by atoms with Gasteiger partial charge in [-0.25, -0.2) is 0 Å². The number of ketones is 1. The van der Waals surface area contributed by atoms with Crippen molar-refractivity contribution in [2.24, 2.45) is 5.41 Å². The normalized spacial score (nSPS) is 21.5. The van der Waals surface area contributed by atoms with E-state index in [1.165, 1.54) is 0 Å². The summed E-state index contributed by atoms with van der Waals surface area (Å²) in [6.07, 6.45) is 3.00. The standard InChI is InChI=1S/C9H12O3/c1-9(2)4-3-7(11)8(5-9)12-6-10/h5-6H,3-4H2,1-2H3. The second-order valence-electron chi connectivity index (χ2n) is 3.63. The Kier molecular flexibility index (Phi) is 2.31. The van der Waals surface area contributed by atoms with Gasteiger partial charge in [-0.1, -0.05) is 13.8 Å². The third kappa shape index (κ3) is 1.94. The molecule has 0 saturated carbocycles. The first-order chi connectivity index (χ1) is 5.55. The zero-order chi connectivity index (χ0) is 9.19. The van der Waals surface area contributed by atoms with Gasteiger partial charge in [0.15, 0.2) is 11.5 Å². The van der Waals surface area contributed by atoms with E-state index in [0.29, 0.717) is 12.9 Å². The molecule has 0 unspecified atom stereocenters. The molecule has 0 aliphatic heterocycles. The molecular weight excluding hydrogens is 156 g/mol. The molecule has 0 saturated heterocycles. The zero-order valence-electron chi connectivity index (χ0n) is 7.29. The number of rotatable bonds is 2. The lowest BCUT2D eigenvalue weighted by Crippen LogP contribution is -2.21. The number of ether oxygens (including phenoxy) is 1. The molecule has 0 radical (unpaired) electrons. The first-order valence-corrected chi connectivity index (χ1v) is 3.91. The number of carbonyl (C=O) groups is 2. The molecule has 0 spiro atoms. The molecule has 0 heterocycles. The van der Waals surface area contributed by atoms with Gasteiger partial charge in [-0.2, -0.15) is 0 Å². The maximum absolute atomic E-state index is 11.1. The summed E-state index contributed by atoms with van der Waals surface area (Å²) in [6.45, 7) is 4.31. The van der Waals surface area contributed by atoms with Gasteiger partial charge in [0.05, 0.1) is 0 Å². The molecule has 0 N–H and O–H groups in total. The Morgan fingerprint density at radius 1 is 1.58 bits per heavy atom. The van der Waals surface area contributed by atoms with Crippen LogP contribution in [0.2, 0.25) is 0 Å². The Hall–Kier alpha value is -1.12. The summed E-state index contributed by atoms with van der Waals surface area (Å²) in [7, 11) is 0. The lowest BCUT2D eigenvalue weighted by Gasteiger charge is -2.24. The van der Waals surface area contributed by atoms with E-state index >= 15 is 0 Å². The van der Waals surface area contributed by atoms with Crippen LogP contribution in [-0.2, 0) is 14.3 Å². The highest BCUT2D eigenvalue weighted by atomic mass is 16.5. The van der Waals surface area contributed by atoms with Gasteiger partial charge in [0.2, 0.25) is 0 Å². The van der Waals surface area contributed by atoms with Crippen molar-refractivity contribution in [2.75, 3.05) is 0 Å². The number of hydrogen-bond donors (Lipinski definition) is 0. The fourth-order valence-corrected chi connectivity index (χ4v) is 1.22. The van der Waals surface area contributed by atoms with Gasteiger partial charge in [0.1, 0.15) is 0 Å². The van der Waals surface area contributed by atoms with Crippen LogP contribution in [0.1, 0.15) is 26.7 Å². The molecule has 3 heteroatoms. The number of Topliss-reactive ketones (excluding diaryl/α,β-unsaturated/α-hetero) is 1. The van der Waals surface area contributed by atoms with Crippen LogP contribution in [0.4, 0.5) is 0 Å². The molecule has 0 fully saturated rings. The van der Waals surface area contributed by atoms with Crippen molar-refractivity contribution in [1.82, 2.24) is 0 Å². The fourth-order valence-electron chi connectivity index (χ4n) is 1.22. The molecule has 0 aromatic carbocycles. The highest BCUT2D eigenvalue weighted by Gasteiger charge is 2.26. The van der Waals surface area contributed by atoms with Crippen LogP contribution in [0, 0.1) is 5.41 Å². The molecule has 0 atom stereocenters. The van der Waals surface area contributed by atoms with Crippen molar-refractivity contribution in [1.29, 1.82) is 0 Å². The average molecular weight is 168 g/mol. The van der Waals surface area contributed by atoms with E-state index in [0.717, 1.165) is 6.42 Å². The van der Waals surface area contributed by atoms with Gasteiger partial charge in [-0.05, 0) is 17.9 Å². The van der Waals surface area contributed by atoms with E-state index in [1.807, 2.05) is 13.8 Å². The number of carbonyl (C=O) groups excluding carboxylic acids is 2. The predicted molar refractivity (Wildman–Crippen MR) is 43.3 cm³/mol. The summed E-state index contributed by atoms with van der Waals surface area (Å²) >= 11 is 0. The lowest BCUT2D eigenvalue weighted by atomic mass is 9.82. The fraction of sp³-hybridized carbons (Fsp3) is 0.556. The third-order valence-electron chi connectivity index (χ3n) is 1.97. The Morgan fingerprint density at radius 2 is 2.25 bits per heavy atom. The predicted octanol–water partition coefficient (Wildman–Crippen LogP) is 1.43. The smallest absolute Gasteiger partial charge is 0.298 e. The van der Waals surface area contributed by atoms with Crippen molar-refractivity contribution >= 4 is 12.3 Å². The Balaban J connectivity index is 2.84. The van der Waals surface area contributed by atoms with Crippen LogP contribution in [0.3, 0.4) is 0 Å². The van der Waals surface area contributed by atoms with E-state index in [9.17, 15) is 9.59 Å². The molecule has 1 rings (SSSR count). The van der Waals surface area contributed by atoms with Gasteiger partial charge in [-0.15, -0.1) is 0 Å². The molecular formula is C9H12O3. The largest absolute Gasteiger partial charge is 0.425 e. The molecule has 1 aliphatic carbocycles. The van der Waals surface area contributed by atoms with Crippen molar-refractivity contribution in [3.05, 3.63) is 11.8 Å². The minimum absolute atomic E-state index is 0.0355. The van der Waals surface area contributed by atoms with Crippen LogP contribution >= 0.6 is 0 Å². The Morgan fingerprint density at radius 3 is 2.83 bits per heavy atom. The van der Waals surface area contributed by atoms with Crippen molar-refractivity contribution in [2.45, 2.75) is 26.7 Å². The summed E-state index contributed by atoms with van der Waals surface area (Å²) in [6, 6.07) is 0. The second kappa shape index (κ2) is 3.09. The minimum atomic E-state index is -0.0820. The zero-order valence-corrected chi connectivity index (χ0v) is 7.29. The van der Waals surface area contributed by atoms with Gasteiger partial charge in [0, 0.05) is 6.42 Å². The highest BCUT2D eigenvalue weighted by molar-refractivity contribution is 5.95. The molecule has 1 aliphatic rings. The molecule has 3 nitrogen and oxygen atoms in total. The monoisotopic (exact) mass is 168 g/mol. The Bertz CT molecular complexity index is 238. The van der Waals surface area contributed by atoms with Crippen molar-refractivity contribution in [3.63, 3.8) is 0 Å². The SMILES string of the molecule is CC1(C)C=C(OC=O)C(=O)CC1. The number of hydrogen-bond acceptors (Lipinski definition) is 3. The summed E-state index contributed by atoms with van der Waals surface area (Å²) in [4.78, 5) is 21.1. The van der Waals surface area contributed by atoms with E-state index in [-0.39, 0.29) is 17.0 Å². The van der Waals surface area contributed by atoms with E-state index < -0.39 is 0 Å².